The molecule has 0 saturated carbocycles. The van der Waals surface area contributed by atoms with Gasteiger partial charge in [-0.1, -0.05) is 6.07 Å². The van der Waals surface area contributed by atoms with Crippen LogP contribution < -0.4 is 5.73 Å². The molecule has 0 bridgehead atoms. The van der Waals surface area contributed by atoms with Crippen molar-refractivity contribution < 1.29 is 8.60 Å². The summed E-state index contributed by atoms with van der Waals surface area (Å²) < 4.78 is 33.8. The smallest absolute Gasteiger partial charge is 0.203 e. The lowest BCUT2D eigenvalue weighted by molar-refractivity contribution is 0.565. The summed E-state index contributed by atoms with van der Waals surface area (Å²) >= 11 is 0. The maximum absolute atomic E-state index is 14.4. The first-order valence-corrected chi connectivity index (χ1v) is 9.92. The second kappa shape index (κ2) is 7.77. The molecular weight excluding hydrogens is 355 g/mol. The van der Waals surface area contributed by atoms with Gasteiger partial charge in [0.25, 0.3) is 0 Å². The van der Waals surface area contributed by atoms with Gasteiger partial charge in [-0.2, -0.15) is 0 Å². The molecule has 1 aliphatic rings. The fourth-order valence-corrected chi connectivity index (χ4v) is 5.01. The van der Waals surface area contributed by atoms with E-state index in [2.05, 4.69) is 19.3 Å². The second-order valence-corrected chi connectivity index (χ2v) is 8.13. The van der Waals surface area contributed by atoms with Crippen LogP contribution in [0.4, 0.5) is 4.39 Å². The van der Waals surface area contributed by atoms with Gasteiger partial charge in [0.1, 0.15) is 22.1 Å². The average molecular weight is 376 g/mol. The minimum atomic E-state index is -2.92. The molecule has 3 rings (SSSR count). The minimum absolute atomic E-state index is 0.0589. The molecule has 7 nitrogen and oxygen atoms in total. The largest absolute Gasteiger partial charge is 0.369 e. The fourth-order valence-electron chi connectivity index (χ4n) is 2.80. The molecule has 1 aromatic heterocycles. The zero-order chi connectivity index (χ0) is 18.6. The molecule has 0 spiro atoms. The van der Waals surface area contributed by atoms with Gasteiger partial charge in [0.2, 0.25) is 5.96 Å². The van der Waals surface area contributed by atoms with E-state index in [1.54, 1.807) is 24.5 Å². The number of hydrogen-bond acceptors (Lipinski definition) is 5. The van der Waals surface area contributed by atoms with E-state index in [1.165, 1.54) is 23.7 Å². The van der Waals surface area contributed by atoms with Gasteiger partial charge >= 0.3 is 0 Å². The third kappa shape index (κ3) is 3.82. The molecule has 0 amide bonds. The molecular formula is C17H21FN6OS. The summed E-state index contributed by atoms with van der Waals surface area (Å²) in [5.74, 6) is -0.329. The number of halogens is 1. The Morgan fingerprint density at radius 3 is 2.81 bits per heavy atom. The van der Waals surface area contributed by atoms with Crippen molar-refractivity contribution in [3.8, 4) is 11.1 Å². The van der Waals surface area contributed by atoms with Gasteiger partial charge in [-0.15, -0.1) is 0 Å². The summed E-state index contributed by atoms with van der Waals surface area (Å²) in [6.07, 6.45) is 6.34. The van der Waals surface area contributed by atoms with E-state index >= 15 is 0 Å². The summed E-state index contributed by atoms with van der Waals surface area (Å²) in [5, 5.41) is 0. The number of rotatable bonds is 3. The Morgan fingerprint density at radius 2 is 2.08 bits per heavy atom. The van der Waals surface area contributed by atoms with Crippen molar-refractivity contribution >= 4 is 15.9 Å². The van der Waals surface area contributed by atoms with Crippen LogP contribution in [0.15, 0.2) is 46.3 Å². The molecule has 0 fully saturated rings. The number of nitrogens with zero attached hydrogens (tertiary/aromatic N) is 5. The topological polar surface area (TPSA) is 96.8 Å². The van der Waals surface area contributed by atoms with E-state index in [9.17, 15) is 8.60 Å². The van der Waals surface area contributed by atoms with Gasteiger partial charge in [-0.3, -0.25) is 9.30 Å². The lowest BCUT2D eigenvalue weighted by Crippen LogP contribution is -2.42. The highest BCUT2D eigenvalue weighted by atomic mass is 32.2. The van der Waals surface area contributed by atoms with Crippen LogP contribution in [0.5, 0.6) is 0 Å². The van der Waals surface area contributed by atoms with Gasteiger partial charge in [0, 0.05) is 37.1 Å². The van der Waals surface area contributed by atoms with Crippen LogP contribution in [0.2, 0.25) is 0 Å². The number of nitrogens with two attached hydrogens (primary N) is 1. The summed E-state index contributed by atoms with van der Waals surface area (Å²) in [5.41, 5.74) is 7.76. The van der Waals surface area contributed by atoms with E-state index in [4.69, 9.17) is 5.73 Å². The third-order valence-electron chi connectivity index (χ3n) is 4.17. The Bertz CT molecular complexity index is 924. The van der Waals surface area contributed by atoms with Crippen molar-refractivity contribution in [3.63, 3.8) is 0 Å². The Hall–Kier alpha value is -2.55. The normalized spacial score (nSPS) is 21.2. The quantitative estimate of drug-likeness (QED) is 0.656. The predicted octanol–water partition coefficient (Wildman–Crippen LogP) is 2.21. The van der Waals surface area contributed by atoms with Gasteiger partial charge in [-0.05, 0) is 30.5 Å². The van der Waals surface area contributed by atoms with E-state index in [1.807, 2.05) is 0 Å². The van der Waals surface area contributed by atoms with Crippen LogP contribution in [0.1, 0.15) is 18.4 Å². The predicted molar refractivity (Wildman–Crippen MR) is 100 cm³/mol. The molecule has 1 unspecified atom stereocenters. The zero-order valence-corrected chi connectivity index (χ0v) is 15.3. The lowest BCUT2D eigenvalue weighted by atomic mass is 10.1. The summed E-state index contributed by atoms with van der Waals surface area (Å²) in [7, 11) is -1.38. The highest BCUT2D eigenvalue weighted by Gasteiger charge is 2.25. The van der Waals surface area contributed by atoms with E-state index in [0.717, 1.165) is 24.0 Å². The first-order valence-electron chi connectivity index (χ1n) is 8.28. The summed E-state index contributed by atoms with van der Waals surface area (Å²) in [6, 6.07) is 4.67. The van der Waals surface area contributed by atoms with Crippen molar-refractivity contribution in [3.05, 3.63) is 48.3 Å². The zero-order valence-electron chi connectivity index (χ0n) is 14.5. The Morgan fingerprint density at radius 1 is 1.31 bits per heavy atom. The number of hydrogen-bond donors (Lipinski definition) is 1. The van der Waals surface area contributed by atoms with Crippen LogP contribution in [0.3, 0.4) is 0 Å². The molecule has 1 aromatic carbocycles. The van der Waals surface area contributed by atoms with Crippen LogP contribution in [0.25, 0.3) is 11.1 Å². The van der Waals surface area contributed by atoms with Gasteiger partial charge in [-0.25, -0.2) is 22.9 Å². The molecule has 1 atom stereocenters. The molecule has 9 heteroatoms. The van der Waals surface area contributed by atoms with Gasteiger partial charge in [0.05, 0.1) is 12.3 Å². The van der Waals surface area contributed by atoms with Crippen molar-refractivity contribution in [2.45, 2.75) is 18.6 Å². The fraction of sp³-hybridized carbons (Fsp3) is 0.353. The molecule has 2 heterocycles. The monoisotopic (exact) mass is 376 g/mol. The van der Waals surface area contributed by atoms with Crippen molar-refractivity contribution in [1.82, 2.24) is 14.3 Å². The highest BCUT2D eigenvalue weighted by molar-refractivity contribution is 7.91. The van der Waals surface area contributed by atoms with Crippen molar-refractivity contribution in [2.24, 2.45) is 15.1 Å². The van der Waals surface area contributed by atoms with E-state index < -0.39 is 15.7 Å². The standard InChI is InChI=1S/C17H21FN6OS/c1-20-17(19)24-7-3-2-6-23-26(24,25)11-14-8-13(4-5-16(14)18)15-9-21-12-22-10-15/h4-5,8-10,12H,2-3,6-7,11H2,1H3,(H2,19,20). The van der Waals surface area contributed by atoms with Crippen LogP contribution >= 0.6 is 0 Å². The Balaban J connectivity index is 2.01. The maximum atomic E-state index is 14.4. The minimum Gasteiger partial charge on any atom is -0.369 e. The van der Waals surface area contributed by atoms with Crippen LogP contribution in [0, 0.1) is 5.82 Å². The SMILES string of the molecule is CN=C(N)N1CCCCN=S1(=O)Cc1cc(-c2cncnc2)ccc1F. The summed E-state index contributed by atoms with van der Waals surface area (Å²) in [6.45, 7) is 0.944. The van der Waals surface area contributed by atoms with Crippen LogP contribution in [-0.2, 0) is 15.7 Å². The molecule has 2 N–H and O–H groups in total. The average Bonchev–Trinajstić information content (AvgIpc) is 2.85. The Kier molecular flexibility index (Phi) is 5.46. The third-order valence-corrected chi connectivity index (χ3v) is 6.51. The first-order chi connectivity index (χ1) is 12.5. The van der Waals surface area contributed by atoms with E-state index in [0.29, 0.717) is 18.7 Å². The van der Waals surface area contributed by atoms with Gasteiger partial charge in [0.15, 0.2) is 0 Å². The van der Waals surface area contributed by atoms with Gasteiger partial charge < -0.3 is 5.73 Å². The number of aromatic nitrogens is 2. The molecule has 138 valence electrons. The second-order valence-electron chi connectivity index (χ2n) is 5.93. The molecule has 2 aromatic rings. The number of benzene rings is 1. The number of aliphatic imine (C=N–C) groups is 1. The summed E-state index contributed by atoms with van der Waals surface area (Å²) in [4.78, 5) is 11.9. The maximum Gasteiger partial charge on any atom is 0.203 e. The number of guanidine groups is 1. The molecule has 0 saturated heterocycles. The Labute approximate surface area is 152 Å². The van der Waals surface area contributed by atoms with Crippen LogP contribution in [-0.4, -0.2) is 44.6 Å². The molecule has 1 aliphatic heterocycles. The molecule has 0 aliphatic carbocycles. The lowest BCUT2D eigenvalue weighted by Gasteiger charge is -2.25. The highest BCUT2D eigenvalue weighted by Crippen LogP contribution is 2.25. The van der Waals surface area contributed by atoms with Crippen molar-refractivity contribution in [1.29, 1.82) is 0 Å². The molecule has 0 radical (unpaired) electrons. The first kappa shape index (κ1) is 18.2. The van der Waals surface area contributed by atoms with E-state index in [-0.39, 0.29) is 11.7 Å². The van der Waals surface area contributed by atoms with Crippen molar-refractivity contribution in [2.75, 3.05) is 20.1 Å². The molecule has 26 heavy (non-hydrogen) atoms.